The van der Waals surface area contributed by atoms with Gasteiger partial charge in [-0.25, -0.2) is 0 Å². The minimum Gasteiger partial charge on any atom is -0.504 e. The van der Waals surface area contributed by atoms with Gasteiger partial charge < -0.3 is 24.6 Å². The van der Waals surface area contributed by atoms with Crippen molar-refractivity contribution in [2.24, 2.45) is 0 Å². The van der Waals surface area contributed by atoms with Crippen LogP contribution in [0.5, 0.6) is 23.0 Å². The van der Waals surface area contributed by atoms with E-state index in [1.54, 1.807) is 25.3 Å². The Bertz CT molecular complexity index is 758. The van der Waals surface area contributed by atoms with Gasteiger partial charge >= 0.3 is 0 Å². The van der Waals surface area contributed by atoms with Crippen molar-refractivity contribution < 1.29 is 19.7 Å². The van der Waals surface area contributed by atoms with Crippen LogP contribution in [0.1, 0.15) is 11.1 Å². The number of nitrogens with zero attached hydrogens (tertiary/aromatic N) is 1. The van der Waals surface area contributed by atoms with E-state index in [0.717, 1.165) is 48.2 Å². The second-order valence-corrected chi connectivity index (χ2v) is 6.14. The minimum atomic E-state index is 0.113. The highest BCUT2D eigenvalue weighted by Crippen LogP contribution is 2.44. The van der Waals surface area contributed by atoms with E-state index < -0.39 is 0 Å². The van der Waals surface area contributed by atoms with Crippen LogP contribution in [0.25, 0.3) is 11.1 Å². The number of ether oxygens (including phenoxy) is 2. The Balaban J connectivity index is 2.30. The molecule has 1 aliphatic rings. The van der Waals surface area contributed by atoms with Crippen LogP contribution in [-0.4, -0.2) is 49.5 Å². The summed E-state index contributed by atoms with van der Waals surface area (Å²) in [5, 5.41) is 20.9. The van der Waals surface area contributed by atoms with E-state index in [0.29, 0.717) is 11.5 Å². The average molecular weight is 329 g/mol. The number of benzene rings is 2. The predicted octanol–water partition coefficient (Wildman–Crippen LogP) is 2.81. The molecule has 0 unspecified atom stereocenters. The number of likely N-dealkylation sites (N-methyl/N-ethyl adjacent to an activating group) is 1. The van der Waals surface area contributed by atoms with Gasteiger partial charge in [-0.15, -0.1) is 0 Å². The zero-order valence-corrected chi connectivity index (χ0v) is 14.3. The van der Waals surface area contributed by atoms with Crippen molar-refractivity contribution in [1.29, 1.82) is 0 Å². The molecular formula is C19H23NO4. The second-order valence-electron chi connectivity index (χ2n) is 6.14. The summed E-state index contributed by atoms with van der Waals surface area (Å²) in [5.41, 5.74) is 3.67. The van der Waals surface area contributed by atoms with E-state index in [9.17, 15) is 10.2 Å². The third kappa shape index (κ3) is 2.87. The van der Waals surface area contributed by atoms with Crippen LogP contribution in [0.4, 0.5) is 0 Å². The summed E-state index contributed by atoms with van der Waals surface area (Å²) in [7, 11) is 5.15. The number of aromatic hydroxyl groups is 2. The van der Waals surface area contributed by atoms with Gasteiger partial charge in [0.15, 0.2) is 23.0 Å². The summed E-state index contributed by atoms with van der Waals surface area (Å²) < 4.78 is 10.6. The van der Waals surface area contributed by atoms with Crippen LogP contribution in [0.3, 0.4) is 0 Å². The number of hydrogen-bond acceptors (Lipinski definition) is 5. The number of phenols is 2. The largest absolute Gasteiger partial charge is 0.504 e. The lowest BCUT2D eigenvalue weighted by molar-refractivity contribution is 0.343. The first-order valence-corrected chi connectivity index (χ1v) is 8.02. The van der Waals surface area contributed by atoms with Gasteiger partial charge in [-0.2, -0.15) is 0 Å². The Morgan fingerprint density at radius 3 is 2.25 bits per heavy atom. The normalized spacial score (nSPS) is 14.8. The molecule has 0 spiro atoms. The van der Waals surface area contributed by atoms with Gasteiger partial charge in [-0.3, -0.25) is 0 Å². The molecule has 0 radical (unpaired) electrons. The van der Waals surface area contributed by atoms with Crippen molar-refractivity contribution in [3.8, 4) is 34.1 Å². The Labute approximate surface area is 142 Å². The van der Waals surface area contributed by atoms with Crippen molar-refractivity contribution >= 4 is 0 Å². The first-order chi connectivity index (χ1) is 11.5. The van der Waals surface area contributed by atoms with E-state index in [4.69, 9.17) is 9.47 Å². The average Bonchev–Trinajstić information content (AvgIpc) is 2.64. The van der Waals surface area contributed by atoms with Gasteiger partial charge in [0.2, 0.25) is 0 Å². The quantitative estimate of drug-likeness (QED) is 0.887. The fraction of sp³-hybridized carbons (Fsp3) is 0.368. The van der Waals surface area contributed by atoms with Crippen molar-refractivity contribution in [2.75, 3.05) is 34.4 Å². The molecule has 0 saturated heterocycles. The van der Waals surface area contributed by atoms with Gasteiger partial charge in [-0.05, 0) is 54.8 Å². The molecule has 0 aliphatic carbocycles. The highest BCUT2D eigenvalue weighted by molar-refractivity contribution is 5.81. The fourth-order valence-corrected chi connectivity index (χ4v) is 3.24. The third-order valence-electron chi connectivity index (χ3n) is 4.65. The van der Waals surface area contributed by atoms with E-state index in [-0.39, 0.29) is 11.5 Å². The number of methoxy groups -OCH3 is 2. The molecule has 0 bridgehead atoms. The molecule has 0 fully saturated rings. The van der Waals surface area contributed by atoms with Gasteiger partial charge in [0.1, 0.15) is 0 Å². The lowest BCUT2D eigenvalue weighted by atomic mass is 9.91. The lowest BCUT2D eigenvalue weighted by Crippen LogP contribution is -2.23. The van der Waals surface area contributed by atoms with Gasteiger partial charge in [-0.1, -0.05) is 6.07 Å². The fourth-order valence-electron chi connectivity index (χ4n) is 3.24. The Morgan fingerprint density at radius 1 is 0.917 bits per heavy atom. The molecule has 24 heavy (non-hydrogen) atoms. The summed E-state index contributed by atoms with van der Waals surface area (Å²) in [6.07, 6.45) is 1.60. The summed E-state index contributed by atoms with van der Waals surface area (Å²) in [6, 6.07) is 7.32. The molecule has 5 heteroatoms. The molecule has 2 aromatic rings. The predicted molar refractivity (Wildman–Crippen MR) is 93.2 cm³/mol. The molecule has 5 nitrogen and oxygen atoms in total. The number of hydrogen-bond donors (Lipinski definition) is 2. The van der Waals surface area contributed by atoms with Crippen LogP contribution >= 0.6 is 0 Å². The summed E-state index contributed by atoms with van der Waals surface area (Å²) in [4.78, 5) is 2.25. The SMILES string of the molecule is COc1cc2c(cc1O)CCN(C)CCc1ccc(OC)c(O)c1-2. The molecule has 1 aliphatic heterocycles. The maximum absolute atomic E-state index is 10.7. The van der Waals surface area contributed by atoms with Gasteiger partial charge in [0.05, 0.1) is 14.2 Å². The molecule has 128 valence electrons. The van der Waals surface area contributed by atoms with Crippen LogP contribution < -0.4 is 9.47 Å². The maximum atomic E-state index is 10.7. The number of phenolic OH excluding ortho intramolecular Hbond substituents is 2. The summed E-state index contributed by atoms with van der Waals surface area (Å²) >= 11 is 0. The maximum Gasteiger partial charge on any atom is 0.165 e. The van der Waals surface area contributed by atoms with Crippen LogP contribution in [0.2, 0.25) is 0 Å². The summed E-state index contributed by atoms with van der Waals surface area (Å²) in [5.74, 6) is 1.09. The molecule has 3 rings (SSSR count). The molecule has 0 aromatic heterocycles. The van der Waals surface area contributed by atoms with Gasteiger partial charge in [0, 0.05) is 18.7 Å². The molecular weight excluding hydrogens is 306 g/mol. The standard InChI is InChI=1S/C19H23NO4/c1-20-8-6-12-4-5-16(23-2)19(22)18(12)14-11-17(24-3)15(21)10-13(14)7-9-20/h4-5,10-11,21-22H,6-9H2,1-3H3. The Morgan fingerprint density at radius 2 is 1.58 bits per heavy atom. The van der Waals surface area contributed by atoms with Gasteiger partial charge in [0.25, 0.3) is 0 Å². The summed E-state index contributed by atoms with van der Waals surface area (Å²) in [6.45, 7) is 1.78. The van der Waals surface area contributed by atoms with E-state index in [1.807, 2.05) is 6.07 Å². The third-order valence-corrected chi connectivity index (χ3v) is 4.65. The van der Waals surface area contributed by atoms with Crippen molar-refractivity contribution in [1.82, 2.24) is 4.90 Å². The topological polar surface area (TPSA) is 62.2 Å². The van der Waals surface area contributed by atoms with Crippen LogP contribution in [0.15, 0.2) is 24.3 Å². The number of fused-ring (bicyclic) bond motifs is 3. The molecule has 1 heterocycles. The van der Waals surface area contributed by atoms with Crippen LogP contribution in [-0.2, 0) is 12.8 Å². The van der Waals surface area contributed by atoms with E-state index in [2.05, 4.69) is 11.9 Å². The smallest absolute Gasteiger partial charge is 0.165 e. The zero-order chi connectivity index (χ0) is 17.3. The van der Waals surface area contributed by atoms with Crippen molar-refractivity contribution in [3.05, 3.63) is 35.4 Å². The molecule has 2 aromatic carbocycles. The molecule has 0 amide bonds. The number of rotatable bonds is 2. The Kier molecular flexibility index (Phi) is 4.53. The highest BCUT2D eigenvalue weighted by Gasteiger charge is 2.22. The Hall–Kier alpha value is -2.40. The molecule has 2 N–H and O–H groups in total. The monoisotopic (exact) mass is 329 g/mol. The van der Waals surface area contributed by atoms with Crippen molar-refractivity contribution in [2.45, 2.75) is 12.8 Å². The zero-order valence-electron chi connectivity index (χ0n) is 14.3. The highest BCUT2D eigenvalue weighted by atomic mass is 16.5. The minimum absolute atomic E-state index is 0.113. The van der Waals surface area contributed by atoms with Crippen LogP contribution in [0, 0.1) is 0 Å². The lowest BCUT2D eigenvalue weighted by Gasteiger charge is -2.17. The second kappa shape index (κ2) is 6.61. The first-order valence-electron chi connectivity index (χ1n) is 8.02. The molecule has 0 saturated carbocycles. The first kappa shape index (κ1) is 16.5. The molecule has 0 atom stereocenters. The van der Waals surface area contributed by atoms with E-state index in [1.165, 1.54) is 7.11 Å². The van der Waals surface area contributed by atoms with E-state index >= 15 is 0 Å². The van der Waals surface area contributed by atoms with Crippen molar-refractivity contribution in [3.63, 3.8) is 0 Å².